The molecule has 0 heterocycles. The number of urea groups is 1. The lowest BCUT2D eigenvalue weighted by atomic mass is 9.86. The van der Waals surface area contributed by atoms with Crippen LogP contribution in [-0.4, -0.2) is 28.7 Å². The molecule has 112 valence electrons. The maximum absolute atomic E-state index is 12.0. The van der Waals surface area contributed by atoms with Gasteiger partial charge in [0.15, 0.2) is 0 Å². The van der Waals surface area contributed by atoms with Crippen molar-refractivity contribution >= 4 is 12.0 Å². The van der Waals surface area contributed by atoms with Gasteiger partial charge in [-0.05, 0) is 24.7 Å². The van der Waals surface area contributed by atoms with E-state index < -0.39 is 23.5 Å². The van der Waals surface area contributed by atoms with Crippen molar-refractivity contribution in [3.05, 3.63) is 0 Å². The molecule has 0 aliphatic heterocycles. The van der Waals surface area contributed by atoms with E-state index in [-0.39, 0.29) is 5.54 Å². The summed E-state index contributed by atoms with van der Waals surface area (Å²) in [6.45, 7) is 11.4. The smallest absolute Gasteiger partial charge is 0.326 e. The molecule has 5 heteroatoms. The average Bonchev–Trinajstić information content (AvgIpc) is 2.31. The molecular formula is C14H28N2O3. The lowest BCUT2D eigenvalue weighted by Gasteiger charge is -2.34. The van der Waals surface area contributed by atoms with E-state index in [1.165, 1.54) is 0 Å². The summed E-state index contributed by atoms with van der Waals surface area (Å²) in [6, 6.07) is -1.32. The number of hydrogen-bond donors (Lipinski definition) is 3. The summed E-state index contributed by atoms with van der Waals surface area (Å²) in [4.78, 5) is 23.2. The van der Waals surface area contributed by atoms with Gasteiger partial charge in [-0.1, -0.05) is 41.5 Å². The topological polar surface area (TPSA) is 78.4 Å². The Bertz CT molecular complexity index is 309. The first-order valence-corrected chi connectivity index (χ1v) is 6.93. The number of carbonyl (C=O) groups is 2. The molecule has 0 aromatic carbocycles. The van der Waals surface area contributed by atoms with Crippen LogP contribution in [0.4, 0.5) is 4.79 Å². The minimum absolute atomic E-state index is 0.259. The van der Waals surface area contributed by atoms with E-state index in [2.05, 4.69) is 10.6 Å². The van der Waals surface area contributed by atoms with Gasteiger partial charge < -0.3 is 15.7 Å². The third-order valence-corrected chi connectivity index (χ3v) is 3.80. The quantitative estimate of drug-likeness (QED) is 0.695. The van der Waals surface area contributed by atoms with Gasteiger partial charge in [-0.3, -0.25) is 0 Å². The van der Waals surface area contributed by atoms with Gasteiger partial charge in [-0.25, -0.2) is 9.59 Å². The Balaban J connectivity index is 4.81. The Labute approximate surface area is 116 Å². The molecule has 0 aliphatic carbocycles. The van der Waals surface area contributed by atoms with Crippen molar-refractivity contribution in [3.63, 3.8) is 0 Å². The number of amides is 2. The Morgan fingerprint density at radius 3 is 1.74 bits per heavy atom. The highest BCUT2D eigenvalue weighted by Gasteiger charge is 2.34. The zero-order chi connectivity index (χ0) is 15.3. The first-order valence-electron chi connectivity index (χ1n) is 6.93. The van der Waals surface area contributed by atoms with Gasteiger partial charge in [0.25, 0.3) is 0 Å². The molecule has 0 saturated carbocycles. The number of carbonyl (C=O) groups excluding carboxylic acids is 1. The van der Waals surface area contributed by atoms with E-state index in [4.69, 9.17) is 0 Å². The van der Waals surface area contributed by atoms with Crippen LogP contribution in [0.15, 0.2) is 0 Å². The minimum atomic E-state index is -1.02. The van der Waals surface area contributed by atoms with Crippen LogP contribution in [0.25, 0.3) is 0 Å². The number of carboxylic acid groups (broad SMARTS) is 1. The monoisotopic (exact) mass is 272 g/mol. The van der Waals surface area contributed by atoms with Gasteiger partial charge in [0.05, 0.1) is 0 Å². The first-order chi connectivity index (χ1) is 8.61. The molecule has 1 atom stereocenters. The van der Waals surface area contributed by atoms with Crippen molar-refractivity contribution in [1.82, 2.24) is 10.6 Å². The molecular weight excluding hydrogens is 244 g/mol. The molecule has 3 N–H and O–H groups in total. The largest absolute Gasteiger partial charge is 0.480 e. The molecule has 0 aromatic rings. The maximum Gasteiger partial charge on any atom is 0.326 e. The van der Waals surface area contributed by atoms with Gasteiger partial charge in [0.1, 0.15) is 6.04 Å². The first kappa shape index (κ1) is 17.7. The third kappa shape index (κ3) is 5.09. The van der Waals surface area contributed by atoms with Crippen LogP contribution in [0.1, 0.15) is 60.8 Å². The minimum Gasteiger partial charge on any atom is -0.480 e. The molecule has 19 heavy (non-hydrogen) atoms. The second-order valence-corrected chi connectivity index (χ2v) is 6.08. The molecule has 0 aliphatic rings. The fourth-order valence-electron chi connectivity index (χ4n) is 2.07. The third-order valence-electron chi connectivity index (χ3n) is 3.80. The average molecular weight is 272 g/mol. The molecule has 0 unspecified atom stereocenters. The number of carboxylic acids is 1. The molecule has 0 aromatic heterocycles. The summed E-state index contributed by atoms with van der Waals surface area (Å²) in [5.74, 6) is -1.02. The van der Waals surface area contributed by atoms with E-state index in [1.54, 1.807) is 20.8 Å². The van der Waals surface area contributed by atoms with Gasteiger partial charge >= 0.3 is 12.0 Å². The van der Waals surface area contributed by atoms with Crippen LogP contribution in [0.5, 0.6) is 0 Å². The van der Waals surface area contributed by atoms with E-state index in [0.717, 1.165) is 19.3 Å². The van der Waals surface area contributed by atoms with Gasteiger partial charge in [0, 0.05) is 5.54 Å². The molecule has 0 bridgehead atoms. The Morgan fingerprint density at radius 1 is 1.05 bits per heavy atom. The highest BCUT2D eigenvalue weighted by molar-refractivity contribution is 5.83. The summed E-state index contributed by atoms with van der Waals surface area (Å²) in [5, 5.41) is 14.7. The van der Waals surface area contributed by atoms with Crippen LogP contribution < -0.4 is 10.6 Å². The van der Waals surface area contributed by atoms with Gasteiger partial charge in [0.2, 0.25) is 0 Å². The molecule has 0 saturated heterocycles. The van der Waals surface area contributed by atoms with Crippen LogP contribution >= 0.6 is 0 Å². The summed E-state index contributed by atoms with van der Waals surface area (Å²) < 4.78 is 0. The van der Waals surface area contributed by atoms with Crippen molar-refractivity contribution in [2.75, 3.05) is 0 Å². The SMILES string of the molecule is CCC(CC)(CC)NC(=O)N[C@@H](C(=O)O)C(C)(C)C. The second-order valence-electron chi connectivity index (χ2n) is 6.08. The zero-order valence-electron chi connectivity index (χ0n) is 13.0. The lowest BCUT2D eigenvalue weighted by molar-refractivity contribution is -0.141. The predicted molar refractivity (Wildman–Crippen MR) is 76.2 cm³/mol. The van der Waals surface area contributed by atoms with Crippen LogP contribution in [0, 0.1) is 5.41 Å². The van der Waals surface area contributed by atoms with Crippen molar-refractivity contribution in [2.24, 2.45) is 5.41 Å². The van der Waals surface area contributed by atoms with Crippen LogP contribution in [0.3, 0.4) is 0 Å². The van der Waals surface area contributed by atoms with Gasteiger partial charge in [-0.2, -0.15) is 0 Å². The highest BCUT2D eigenvalue weighted by atomic mass is 16.4. The van der Waals surface area contributed by atoms with Crippen molar-refractivity contribution in [3.8, 4) is 0 Å². The van der Waals surface area contributed by atoms with Crippen molar-refractivity contribution < 1.29 is 14.7 Å². The number of rotatable bonds is 6. The van der Waals surface area contributed by atoms with E-state index >= 15 is 0 Å². The molecule has 0 fully saturated rings. The summed E-state index contributed by atoms with van der Waals surface area (Å²) >= 11 is 0. The highest BCUT2D eigenvalue weighted by Crippen LogP contribution is 2.21. The van der Waals surface area contributed by atoms with Gasteiger partial charge in [-0.15, -0.1) is 0 Å². The second kappa shape index (κ2) is 6.78. The molecule has 5 nitrogen and oxygen atoms in total. The van der Waals surface area contributed by atoms with E-state index in [9.17, 15) is 14.7 Å². The van der Waals surface area contributed by atoms with Crippen LogP contribution in [-0.2, 0) is 4.79 Å². The molecule has 2 amide bonds. The van der Waals surface area contributed by atoms with E-state index in [1.807, 2.05) is 20.8 Å². The molecule has 0 radical (unpaired) electrons. The fraction of sp³-hybridized carbons (Fsp3) is 0.857. The molecule has 0 spiro atoms. The van der Waals surface area contributed by atoms with Crippen molar-refractivity contribution in [2.45, 2.75) is 72.4 Å². The van der Waals surface area contributed by atoms with Crippen molar-refractivity contribution in [1.29, 1.82) is 0 Å². The normalized spacial score (nSPS) is 13.8. The number of hydrogen-bond acceptors (Lipinski definition) is 2. The number of aliphatic carboxylic acids is 1. The Morgan fingerprint density at radius 2 is 1.47 bits per heavy atom. The van der Waals surface area contributed by atoms with Crippen LogP contribution in [0.2, 0.25) is 0 Å². The van der Waals surface area contributed by atoms with E-state index in [0.29, 0.717) is 0 Å². The predicted octanol–water partition coefficient (Wildman–Crippen LogP) is 2.75. The summed E-state index contributed by atoms with van der Waals surface area (Å²) in [5.41, 5.74) is -0.790. The fourth-order valence-corrected chi connectivity index (χ4v) is 2.07. The zero-order valence-corrected chi connectivity index (χ0v) is 13.0. The lowest BCUT2D eigenvalue weighted by Crippen LogP contribution is -2.57. The summed E-state index contributed by atoms with van der Waals surface area (Å²) in [6.07, 6.45) is 2.46. The standard InChI is InChI=1S/C14H28N2O3/c1-7-14(8-2,9-3)16-12(19)15-10(11(17)18)13(4,5)6/h10H,7-9H2,1-6H3,(H,17,18)(H2,15,16,19)/t10-/m0/s1. The molecule has 0 rings (SSSR count). The Hall–Kier alpha value is -1.26. The Kier molecular flexibility index (Phi) is 6.33. The maximum atomic E-state index is 12.0. The number of nitrogens with one attached hydrogen (secondary N) is 2. The summed E-state index contributed by atoms with van der Waals surface area (Å²) in [7, 11) is 0.